The Labute approximate surface area is 128 Å². The first kappa shape index (κ1) is 16.3. The van der Waals surface area contributed by atoms with Gasteiger partial charge in [0, 0.05) is 31.1 Å². The summed E-state index contributed by atoms with van der Waals surface area (Å²) in [5.74, 6) is 0.284. The van der Waals surface area contributed by atoms with Crippen LogP contribution in [-0.4, -0.2) is 58.1 Å². The first-order valence-electron chi connectivity index (χ1n) is 7.64. The standard InChI is InChI=1S/C16H26N2O2S/c1-17(11-7-13-21(2,19)20)16-10-6-12-18(14-16)15-8-4-3-5-9-15/h3-5,8-9,16H,6-7,10-14H2,1-2H3/t16-/m0/s1. The highest BCUT2D eigenvalue weighted by molar-refractivity contribution is 7.90. The molecule has 0 aromatic heterocycles. The molecule has 2 rings (SSSR count). The molecule has 0 aliphatic carbocycles. The summed E-state index contributed by atoms with van der Waals surface area (Å²) in [5, 5.41) is 0. The molecule has 1 aliphatic rings. The molecule has 1 aromatic carbocycles. The largest absolute Gasteiger partial charge is 0.370 e. The molecule has 0 unspecified atom stereocenters. The molecule has 0 spiro atoms. The fourth-order valence-electron chi connectivity index (χ4n) is 2.95. The maximum Gasteiger partial charge on any atom is 0.147 e. The predicted octanol–water partition coefficient (Wildman–Crippen LogP) is 2.02. The summed E-state index contributed by atoms with van der Waals surface area (Å²) in [5.41, 5.74) is 1.28. The van der Waals surface area contributed by atoms with Gasteiger partial charge in [-0.2, -0.15) is 0 Å². The van der Waals surface area contributed by atoms with Gasteiger partial charge in [0.1, 0.15) is 9.84 Å². The highest BCUT2D eigenvalue weighted by Gasteiger charge is 2.23. The number of hydrogen-bond donors (Lipinski definition) is 0. The van der Waals surface area contributed by atoms with Gasteiger partial charge in [-0.25, -0.2) is 8.42 Å². The molecule has 0 amide bonds. The third-order valence-corrected chi connectivity index (χ3v) is 5.20. The Bertz CT molecular complexity index is 530. The van der Waals surface area contributed by atoms with E-state index >= 15 is 0 Å². The van der Waals surface area contributed by atoms with Crippen LogP contribution in [0.2, 0.25) is 0 Å². The Kier molecular flexibility index (Phi) is 5.65. The van der Waals surface area contributed by atoms with Crippen molar-refractivity contribution in [2.45, 2.75) is 25.3 Å². The van der Waals surface area contributed by atoms with Crippen molar-refractivity contribution in [2.24, 2.45) is 0 Å². The smallest absolute Gasteiger partial charge is 0.147 e. The van der Waals surface area contributed by atoms with Gasteiger partial charge < -0.3 is 9.80 Å². The first-order valence-corrected chi connectivity index (χ1v) is 9.70. The molecule has 1 saturated heterocycles. The van der Waals surface area contributed by atoms with Gasteiger partial charge >= 0.3 is 0 Å². The molecule has 0 saturated carbocycles. The molecule has 1 atom stereocenters. The minimum absolute atomic E-state index is 0.284. The van der Waals surface area contributed by atoms with Gasteiger partial charge in [0.2, 0.25) is 0 Å². The van der Waals surface area contributed by atoms with Gasteiger partial charge in [0.25, 0.3) is 0 Å². The van der Waals surface area contributed by atoms with E-state index in [1.807, 2.05) is 6.07 Å². The number of para-hydroxylation sites is 1. The number of rotatable bonds is 6. The van der Waals surface area contributed by atoms with Gasteiger partial charge in [-0.3, -0.25) is 0 Å². The Balaban J connectivity index is 1.86. The summed E-state index contributed by atoms with van der Waals surface area (Å²) in [4.78, 5) is 4.75. The average molecular weight is 310 g/mol. The third kappa shape index (κ3) is 5.32. The normalized spacial score (nSPS) is 20.0. The lowest BCUT2D eigenvalue weighted by atomic mass is 10.0. The Morgan fingerprint density at radius 3 is 2.67 bits per heavy atom. The molecule has 4 nitrogen and oxygen atoms in total. The Morgan fingerprint density at radius 2 is 2.00 bits per heavy atom. The van der Waals surface area contributed by atoms with Crippen molar-refractivity contribution >= 4 is 15.5 Å². The van der Waals surface area contributed by atoms with Crippen molar-refractivity contribution in [3.63, 3.8) is 0 Å². The minimum Gasteiger partial charge on any atom is -0.370 e. The van der Waals surface area contributed by atoms with Crippen molar-refractivity contribution in [3.05, 3.63) is 30.3 Å². The molecule has 5 heteroatoms. The molecule has 1 aliphatic heterocycles. The van der Waals surface area contributed by atoms with Crippen LogP contribution in [0.5, 0.6) is 0 Å². The van der Waals surface area contributed by atoms with Crippen LogP contribution in [0, 0.1) is 0 Å². The molecule has 0 N–H and O–H groups in total. The van der Waals surface area contributed by atoms with Crippen LogP contribution in [0.15, 0.2) is 30.3 Å². The summed E-state index contributed by atoms with van der Waals surface area (Å²) in [6.07, 6.45) is 4.41. The third-order valence-electron chi connectivity index (χ3n) is 4.17. The van der Waals surface area contributed by atoms with E-state index in [-0.39, 0.29) is 5.75 Å². The molecule has 1 aromatic rings. The molecule has 1 heterocycles. The molecule has 1 fully saturated rings. The molecule has 0 bridgehead atoms. The van der Waals surface area contributed by atoms with Crippen LogP contribution in [-0.2, 0) is 9.84 Å². The number of piperidine rings is 1. The van der Waals surface area contributed by atoms with Crippen molar-refractivity contribution in [3.8, 4) is 0 Å². The number of nitrogens with zero attached hydrogens (tertiary/aromatic N) is 2. The number of anilines is 1. The lowest BCUT2D eigenvalue weighted by Crippen LogP contribution is -2.47. The van der Waals surface area contributed by atoms with E-state index in [0.717, 1.165) is 26.1 Å². The van der Waals surface area contributed by atoms with Gasteiger partial charge in [0.05, 0.1) is 5.75 Å². The SMILES string of the molecule is CN(CCCS(C)(=O)=O)[C@H]1CCCN(c2ccccc2)C1. The van der Waals surface area contributed by atoms with Gasteiger partial charge in [-0.15, -0.1) is 0 Å². The number of hydrogen-bond acceptors (Lipinski definition) is 4. The van der Waals surface area contributed by atoms with E-state index in [1.165, 1.54) is 24.8 Å². The Hall–Kier alpha value is -1.07. The first-order chi connectivity index (χ1) is 9.96. The van der Waals surface area contributed by atoms with Crippen LogP contribution in [0.4, 0.5) is 5.69 Å². The lowest BCUT2D eigenvalue weighted by Gasteiger charge is -2.39. The number of benzene rings is 1. The second kappa shape index (κ2) is 7.27. The van der Waals surface area contributed by atoms with Crippen LogP contribution in [0.1, 0.15) is 19.3 Å². The summed E-state index contributed by atoms with van der Waals surface area (Å²) in [6, 6.07) is 11.0. The van der Waals surface area contributed by atoms with E-state index in [4.69, 9.17) is 0 Å². The van der Waals surface area contributed by atoms with Gasteiger partial charge in [-0.05, 0) is 45.0 Å². The molecule has 0 radical (unpaired) electrons. The fraction of sp³-hybridized carbons (Fsp3) is 0.625. The van der Waals surface area contributed by atoms with E-state index in [1.54, 1.807) is 0 Å². The quantitative estimate of drug-likeness (QED) is 0.806. The predicted molar refractivity (Wildman–Crippen MR) is 88.6 cm³/mol. The number of likely N-dealkylation sites (N-methyl/N-ethyl adjacent to an activating group) is 1. The maximum absolute atomic E-state index is 11.2. The van der Waals surface area contributed by atoms with Gasteiger partial charge in [0.15, 0.2) is 0 Å². The zero-order valence-electron chi connectivity index (χ0n) is 13.0. The van der Waals surface area contributed by atoms with Crippen LogP contribution in [0.3, 0.4) is 0 Å². The van der Waals surface area contributed by atoms with Crippen LogP contribution < -0.4 is 4.90 Å². The summed E-state index contributed by atoms with van der Waals surface area (Å²) in [6.45, 7) is 2.98. The van der Waals surface area contributed by atoms with Crippen LogP contribution in [0.25, 0.3) is 0 Å². The molecular weight excluding hydrogens is 284 g/mol. The molecule has 21 heavy (non-hydrogen) atoms. The molecule has 118 valence electrons. The van der Waals surface area contributed by atoms with Crippen molar-refractivity contribution in [2.75, 3.05) is 43.6 Å². The fourth-order valence-corrected chi connectivity index (χ4v) is 3.60. The van der Waals surface area contributed by atoms with Crippen molar-refractivity contribution in [1.82, 2.24) is 4.90 Å². The average Bonchev–Trinajstić information content (AvgIpc) is 2.47. The second-order valence-electron chi connectivity index (χ2n) is 6.04. The van der Waals surface area contributed by atoms with Crippen molar-refractivity contribution in [1.29, 1.82) is 0 Å². The lowest BCUT2D eigenvalue weighted by molar-refractivity contribution is 0.216. The molecular formula is C16H26N2O2S. The summed E-state index contributed by atoms with van der Waals surface area (Å²) < 4.78 is 22.4. The highest BCUT2D eigenvalue weighted by atomic mass is 32.2. The summed E-state index contributed by atoms with van der Waals surface area (Å²) >= 11 is 0. The second-order valence-corrected chi connectivity index (χ2v) is 8.30. The number of sulfone groups is 1. The zero-order chi connectivity index (χ0) is 15.3. The van der Waals surface area contributed by atoms with E-state index in [9.17, 15) is 8.42 Å². The van der Waals surface area contributed by atoms with E-state index in [2.05, 4.69) is 41.1 Å². The Morgan fingerprint density at radius 1 is 1.29 bits per heavy atom. The van der Waals surface area contributed by atoms with E-state index in [0.29, 0.717) is 6.04 Å². The minimum atomic E-state index is -2.84. The monoisotopic (exact) mass is 310 g/mol. The topological polar surface area (TPSA) is 40.6 Å². The van der Waals surface area contributed by atoms with Gasteiger partial charge in [-0.1, -0.05) is 18.2 Å². The van der Waals surface area contributed by atoms with E-state index < -0.39 is 9.84 Å². The van der Waals surface area contributed by atoms with Crippen molar-refractivity contribution < 1.29 is 8.42 Å². The highest BCUT2D eigenvalue weighted by Crippen LogP contribution is 2.21. The zero-order valence-corrected chi connectivity index (χ0v) is 13.8. The maximum atomic E-state index is 11.2. The summed E-state index contributed by atoms with van der Waals surface area (Å²) in [7, 11) is -0.729. The van der Waals surface area contributed by atoms with Crippen LogP contribution >= 0.6 is 0 Å².